The first-order valence-electron chi connectivity index (χ1n) is 6.96. The largest absolute Gasteiger partial charge is 0.416 e. The van der Waals surface area contributed by atoms with Gasteiger partial charge in [-0.2, -0.15) is 13.2 Å². The fourth-order valence-electron chi connectivity index (χ4n) is 2.69. The molecule has 0 amide bonds. The summed E-state index contributed by atoms with van der Waals surface area (Å²) in [5.41, 5.74) is -0.171. The molecule has 1 aliphatic carbocycles. The molecule has 1 nitrogen and oxygen atoms in total. The average molecular weight is 271 g/mol. The smallest absolute Gasteiger partial charge is 0.310 e. The van der Waals surface area contributed by atoms with E-state index in [2.05, 4.69) is 5.32 Å². The summed E-state index contributed by atoms with van der Waals surface area (Å²) in [6.45, 7) is 0.306. The first-order chi connectivity index (χ1) is 9.07. The topological polar surface area (TPSA) is 12.0 Å². The van der Waals surface area contributed by atoms with E-state index < -0.39 is 11.7 Å². The maximum atomic E-state index is 12.9. The second kappa shape index (κ2) is 6.42. The summed E-state index contributed by atoms with van der Waals surface area (Å²) >= 11 is 0. The van der Waals surface area contributed by atoms with Crippen molar-refractivity contribution < 1.29 is 13.2 Å². The molecule has 0 heterocycles. The van der Waals surface area contributed by atoms with Crippen molar-refractivity contribution in [2.24, 2.45) is 0 Å². The molecular weight excluding hydrogens is 251 g/mol. The highest BCUT2D eigenvalue weighted by atomic mass is 19.4. The van der Waals surface area contributed by atoms with Gasteiger partial charge in [0.2, 0.25) is 0 Å². The molecule has 0 aromatic heterocycles. The van der Waals surface area contributed by atoms with Gasteiger partial charge in [0.15, 0.2) is 0 Å². The number of benzene rings is 1. The van der Waals surface area contributed by atoms with Gasteiger partial charge < -0.3 is 5.32 Å². The highest BCUT2D eigenvalue weighted by Gasteiger charge is 2.32. The van der Waals surface area contributed by atoms with E-state index in [-0.39, 0.29) is 0 Å². The fraction of sp³-hybridized carbons (Fsp3) is 0.600. The third kappa shape index (κ3) is 4.23. The Kier molecular flexibility index (Phi) is 4.86. The lowest BCUT2D eigenvalue weighted by Gasteiger charge is -2.18. The van der Waals surface area contributed by atoms with Crippen molar-refractivity contribution in [1.82, 2.24) is 5.32 Å². The molecule has 0 spiro atoms. The van der Waals surface area contributed by atoms with E-state index >= 15 is 0 Å². The summed E-state index contributed by atoms with van der Waals surface area (Å²) in [6, 6.07) is 6.19. The van der Waals surface area contributed by atoms with Crippen molar-refractivity contribution in [3.63, 3.8) is 0 Å². The molecule has 0 unspecified atom stereocenters. The third-order valence-electron chi connectivity index (χ3n) is 3.76. The van der Waals surface area contributed by atoms with Gasteiger partial charge in [0.25, 0.3) is 0 Å². The average Bonchev–Trinajstić information content (AvgIpc) is 2.64. The fourth-order valence-corrected chi connectivity index (χ4v) is 2.69. The van der Waals surface area contributed by atoms with Gasteiger partial charge in [-0.1, -0.05) is 43.9 Å². The highest BCUT2D eigenvalue weighted by molar-refractivity contribution is 5.29. The summed E-state index contributed by atoms with van der Waals surface area (Å²) in [6.07, 6.45) is 2.75. The molecule has 4 heteroatoms. The van der Waals surface area contributed by atoms with Crippen molar-refractivity contribution in [2.75, 3.05) is 0 Å². The molecule has 0 atom stereocenters. The molecule has 0 aliphatic heterocycles. The van der Waals surface area contributed by atoms with E-state index in [1.54, 1.807) is 12.1 Å². The Balaban J connectivity index is 1.99. The molecule has 1 aromatic rings. The number of rotatable bonds is 3. The van der Waals surface area contributed by atoms with Crippen molar-refractivity contribution in [1.29, 1.82) is 0 Å². The van der Waals surface area contributed by atoms with Gasteiger partial charge in [-0.05, 0) is 24.5 Å². The number of hydrogen-bond donors (Lipinski definition) is 1. The van der Waals surface area contributed by atoms with E-state index in [1.807, 2.05) is 0 Å². The molecule has 1 N–H and O–H groups in total. The van der Waals surface area contributed by atoms with Crippen LogP contribution in [-0.2, 0) is 12.7 Å². The zero-order chi connectivity index (χ0) is 13.7. The zero-order valence-corrected chi connectivity index (χ0v) is 11.0. The molecule has 106 valence electrons. The Morgan fingerprint density at radius 1 is 1.00 bits per heavy atom. The Labute approximate surface area is 112 Å². The molecule has 1 saturated carbocycles. The van der Waals surface area contributed by atoms with Crippen LogP contribution in [0.5, 0.6) is 0 Å². The maximum absolute atomic E-state index is 12.9. The quantitative estimate of drug-likeness (QED) is 0.797. The molecule has 0 radical (unpaired) electrons. The molecule has 0 bridgehead atoms. The van der Waals surface area contributed by atoms with Gasteiger partial charge in [-0.15, -0.1) is 0 Å². The van der Waals surface area contributed by atoms with Crippen molar-refractivity contribution in [3.8, 4) is 0 Å². The van der Waals surface area contributed by atoms with Crippen LogP contribution in [-0.4, -0.2) is 6.04 Å². The second-order valence-electron chi connectivity index (χ2n) is 5.22. The minimum Gasteiger partial charge on any atom is -0.310 e. The van der Waals surface area contributed by atoms with Crippen LogP contribution in [0.25, 0.3) is 0 Å². The van der Waals surface area contributed by atoms with Gasteiger partial charge >= 0.3 is 6.18 Å². The van der Waals surface area contributed by atoms with Crippen LogP contribution in [0, 0.1) is 0 Å². The van der Waals surface area contributed by atoms with E-state index in [0.717, 1.165) is 18.9 Å². The Hall–Kier alpha value is -1.03. The highest BCUT2D eigenvalue weighted by Crippen LogP contribution is 2.32. The summed E-state index contributed by atoms with van der Waals surface area (Å²) in [5.74, 6) is 0. The van der Waals surface area contributed by atoms with E-state index in [0.29, 0.717) is 18.2 Å². The molecule has 19 heavy (non-hydrogen) atoms. The molecule has 1 fully saturated rings. The van der Waals surface area contributed by atoms with Crippen LogP contribution in [0.2, 0.25) is 0 Å². The first kappa shape index (κ1) is 14.4. The molecule has 0 saturated heterocycles. The Morgan fingerprint density at radius 3 is 2.26 bits per heavy atom. The standard InChI is InChI=1S/C15H20F3N/c16-15(17,18)14-10-6-5-7-12(14)11-19-13-8-3-1-2-4-9-13/h5-7,10,13,19H,1-4,8-9,11H2. The minimum absolute atomic E-state index is 0.306. The van der Waals surface area contributed by atoms with Crippen LogP contribution >= 0.6 is 0 Å². The molecule has 1 aromatic carbocycles. The Morgan fingerprint density at radius 2 is 1.63 bits per heavy atom. The van der Waals surface area contributed by atoms with Crippen LogP contribution in [0.4, 0.5) is 13.2 Å². The van der Waals surface area contributed by atoms with Crippen LogP contribution in [0.1, 0.15) is 49.7 Å². The Bertz CT molecular complexity index is 393. The van der Waals surface area contributed by atoms with Gasteiger partial charge in [0.1, 0.15) is 0 Å². The van der Waals surface area contributed by atoms with Crippen molar-refractivity contribution in [3.05, 3.63) is 35.4 Å². The van der Waals surface area contributed by atoms with Crippen LogP contribution < -0.4 is 5.32 Å². The van der Waals surface area contributed by atoms with E-state index in [9.17, 15) is 13.2 Å². The van der Waals surface area contributed by atoms with Crippen molar-refractivity contribution in [2.45, 2.75) is 57.3 Å². The maximum Gasteiger partial charge on any atom is 0.416 e. The van der Waals surface area contributed by atoms with Crippen LogP contribution in [0.3, 0.4) is 0 Å². The normalized spacial score (nSPS) is 18.3. The summed E-state index contributed by atoms with van der Waals surface area (Å²) in [5, 5.41) is 3.29. The summed E-state index contributed by atoms with van der Waals surface area (Å²) < 4.78 is 38.6. The van der Waals surface area contributed by atoms with E-state index in [4.69, 9.17) is 0 Å². The lowest BCUT2D eigenvalue weighted by atomic mass is 10.1. The minimum atomic E-state index is -4.26. The lowest BCUT2D eigenvalue weighted by Crippen LogP contribution is -2.28. The number of alkyl halides is 3. The van der Waals surface area contributed by atoms with E-state index in [1.165, 1.54) is 31.7 Å². The van der Waals surface area contributed by atoms with Crippen LogP contribution in [0.15, 0.2) is 24.3 Å². The second-order valence-corrected chi connectivity index (χ2v) is 5.22. The predicted molar refractivity (Wildman–Crippen MR) is 69.8 cm³/mol. The molecule has 2 rings (SSSR count). The number of halogens is 3. The first-order valence-corrected chi connectivity index (χ1v) is 6.96. The lowest BCUT2D eigenvalue weighted by molar-refractivity contribution is -0.138. The molecular formula is C15H20F3N. The number of hydrogen-bond acceptors (Lipinski definition) is 1. The zero-order valence-electron chi connectivity index (χ0n) is 11.0. The third-order valence-corrected chi connectivity index (χ3v) is 3.76. The summed E-state index contributed by atoms with van der Waals surface area (Å²) in [4.78, 5) is 0. The van der Waals surface area contributed by atoms with Gasteiger partial charge in [0.05, 0.1) is 5.56 Å². The van der Waals surface area contributed by atoms with Crippen molar-refractivity contribution >= 4 is 0 Å². The van der Waals surface area contributed by atoms with Gasteiger partial charge in [-0.3, -0.25) is 0 Å². The van der Waals surface area contributed by atoms with Gasteiger partial charge in [0, 0.05) is 12.6 Å². The predicted octanol–water partition coefficient (Wildman–Crippen LogP) is 4.52. The SMILES string of the molecule is FC(F)(F)c1ccccc1CNC1CCCCCC1. The van der Waals surface area contributed by atoms with Gasteiger partial charge in [-0.25, -0.2) is 0 Å². The molecule has 1 aliphatic rings. The summed E-state index contributed by atoms with van der Waals surface area (Å²) in [7, 11) is 0. The number of nitrogens with one attached hydrogen (secondary N) is 1. The monoisotopic (exact) mass is 271 g/mol.